The molecule has 1 aromatic heterocycles. The molecule has 4 nitrogen and oxygen atoms in total. The van der Waals surface area contributed by atoms with Crippen molar-refractivity contribution in [3.63, 3.8) is 0 Å². The largest absolute Gasteiger partial charge is 0.349 e. The van der Waals surface area contributed by atoms with E-state index < -0.39 is 0 Å². The topological polar surface area (TPSA) is 46.9 Å². The molecule has 1 heterocycles. The fourth-order valence-corrected chi connectivity index (χ4v) is 3.33. The van der Waals surface area contributed by atoms with Crippen LogP contribution in [0.15, 0.2) is 24.3 Å². The molecule has 6 heteroatoms. The zero-order valence-electron chi connectivity index (χ0n) is 13.0. The van der Waals surface area contributed by atoms with Crippen molar-refractivity contribution in [3.8, 4) is 0 Å². The van der Waals surface area contributed by atoms with Gasteiger partial charge in [0, 0.05) is 6.04 Å². The van der Waals surface area contributed by atoms with Crippen LogP contribution in [-0.4, -0.2) is 21.7 Å². The van der Waals surface area contributed by atoms with E-state index in [0.717, 1.165) is 31.2 Å². The monoisotopic (exact) mass is 335 g/mol. The maximum absolute atomic E-state index is 13.0. The van der Waals surface area contributed by atoms with Crippen LogP contribution in [0.5, 0.6) is 0 Å². The molecule has 0 radical (unpaired) electrons. The summed E-state index contributed by atoms with van der Waals surface area (Å²) in [7, 11) is 0. The van der Waals surface area contributed by atoms with E-state index in [4.69, 9.17) is 11.6 Å². The molecule has 0 aliphatic heterocycles. The van der Waals surface area contributed by atoms with Crippen molar-refractivity contribution in [2.24, 2.45) is 0 Å². The molecule has 3 rings (SSSR count). The van der Waals surface area contributed by atoms with Crippen LogP contribution >= 0.6 is 11.6 Å². The van der Waals surface area contributed by atoms with Gasteiger partial charge in [-0.1, -0.05) is 36.6 Å². The summed E-state index contributed by atoms with van der Waals surface area (Å²) >= 11 is 6.36. The predicted octanol–water partition coefficient (Wildman–Crippen LogP) is 3.70. The van der Waals surface area contributed by atoms with Crippen molar-refractivity contribution in [2.75, 3.05) is 0 Å². The van der Waals surface area contributed by atoms with Gasteiger partial charge < -0.3 is 5.32 Å². The summed E-state index contributed by atoms with van der Waals surface area (Å²) in [5, 5.41) is 7.71. The first-order valence-electron chi connectivity index (χ1n) is 7.83. The first-order valence-corrected chi connectivity index (χ1v) is 8.20. The number of hydrogen-bond donors (Lipinski definition) is 1. The second-order valence-electron chi connectivity index (χ2n) is 5.99. The highest BCUT2D eigenvalue weighted by atomic mass is 35.5. The second kappa shape index (κ2) is 6.71. The lowest BCUT2D eigenvalue weighted by atomic mass is 10.2. The Morgan fingerprint density at radius 2 is 2.00 bits per heavy atom. The van der Waals surface area contributed by atoms with Gasteiger partial charge in [0.15, 0.2) is 0 Å². The maximum Gasteiger partial charge on any atom is 0.256 e. The molecular formula is C17H19ClFN3O. The number of carbonyl (C=O) groups excluding carboxylic acids is 1. The first kappa shape index (κ1) is 16.0. The third-order valence-corrected chi connectivity index (χ3v) is 4.61. The molecule has 1 N–H and O–H groups in total. The van der Waals surface area contributed by atoms with Gasteiger partial charge in [0.1, 0.15) is 11.0 Å². The van der Waals surface area contributed by atoms with Crippen molar-refractivity contribution in [3.05, 3.63) is 52.1 Å². The van der Waals surface area contributed by atoms with Gasteiger partial charge in [0.25, 0.3) is 5.91 Å². The van der Waals surface area contributed by atoms with Crippen molar-refractivity contribution in [2.45, 2.75) is 45.2 Å². The molecule has 0 unspecified atom stereocenters. The average Bonchev–Trinajstić information content (AvgIpc) is 3.10. The molecule has 1 amide bonds. The van der Waals surface area contributed by atoms with E-state index in [2.05, 4.69) is 10.4 Å². The summed E-state index contributed by atoms with van der Waals surface area (Å²) in [6.07, 6.45) is 4.35. The fourth-order valence-electron chi connectivity index (χ4n) is 3.01. The minimum atomic E-state index is -0.284. The van der Waals surface area contributed by atoms with Gasteiger partial charge in [0.2, 0.25) is 0 Å². The molecule has 122 valence electrons. The van der Waals surface area contributed by atoms with E-state index in [-0.39, 0.29) is 17.8 Å². The summed E-state index contributed by atoms with van der Waals surface area (Å²) in [6.45, 7) is 2.17. The Kier molecular flexibility index (Phi) is 4.66. The Bertz CT molecular complexity index is 705. The van der Waals surface area contributed by atoms with Crippen LogP contribution in [0.3, 0.4) is 0 Å². The quantitative estimate of drug-likeness (QED) is 0.926. The second-order valence-corrected chi connectivity index (χ2v) is 6.35. The Morgan fingerprint density at radius 3 is 2.65 bits per heavy atom. The minimum Gasteiger partial charge on any atom is -0.349 e. The van der Waals surface area contributed by atoms with Gasteiger partial charge >= 0.3 is 0 Å². The lowest BCUT2D eigenvalue weighted by Gasteiger charge is -2.11. The number of nitrogens with zero attached hydrogens (tertiary/aromatic N) is 2. The van der Waals surface area contributed by atoms with E-state index in [9.17, 15) is 9.18 Å². The number of aromatic nitrogens is 2. The van der Waals surface area contributed by atoms with Gasteiger partial charge in [-0.25, -0.2) is 9.07 Å². The summed E-state index contributed by atoms with van der Waals surface area (Å²) in [5.74, 6) is -0.446. The first-order chi connectivity index (χ1) is 11.0. The van der Waals surface area contributed by atoms with Crippen LogP contribution in [0.25, 0.3) is 0 Å². The number of benzene rings is 1. The average molecular weight is 336 g/mol. The molecule has 1 aliphatic rings. The Morgan fingerprint density at radius 1 is 1.35 bits per heavy atom. The molecule has 1 aliphatic carbocycles. The summed E-state index contributed by atoms with van der Waals surface area (Å²) in [6, 6.07) is 6.39. The van der Waals surface area contributed by atoms with Crippen molar-refractivity contribution in [1.82, 2.24) is 15.1 Å². The van der Waals surface area contributed by atoms with Crippen LogP contribution in [0.2, 0.25) is 5.15 Å². The summed E-state index contributed by atoms with van der Waals surface area (Å²) in [5.41, 5.74) is 1.91. The number of nitrogens with one attached hydrogen (secondary N) is 1. The van der Waals surface area contributed by atoms with Gasteiger partial charge in [-0.2, -0.15) is 5.10 Å². The Labute approximate surface area is 139 Å². The molecule has 23 heavy (non-hydrogen) atoms. The van der Waals surface area contributed by atoms with E-state index in [1.165, 1.54) is 12.1 Å². The van der Waals surface area contributed by atoms with Crippen LogP contribution in [-0.2, 0) is 6.54 Å². The molecule has 0 spiro atoms. The summed E-state index contributed by atoms with van der Waals surface area (Å²) in [4.78, 5) is 12.5. The number of aryl methyl sites for hydroxylation is 1. The molecular weight excluding hydrogens is 317 g/mol. The number of hydrogen-bond acceptors (Lipinski definition) is 2. The van der Waals surface area contributed by atoms with Crippen LogP contribution in [0, 0.1) is 12.7 Å². The summed E-state index contributed by atoms with van der Waals surface area (Å²) < 4.78 is 14.5. The smallest absolute Gasteiger partial charge is 0.256 e. The maximum atomic E-state index is 13.0. The highest BCUT2D eigenvalue weighted by molar-refractivity contribution is 6.33. The minimum absolute atomic E-state index is 0.162. The Hall–Kier alpha value is -1.88. The van der Waals surface area contributed by atoms with Crippen molar-refractivity contribution >= 4 is 17.5 Å². The molecule has 1 saturated carbocycles. The van der Waals surface area contributed by atoms with Crippen LogP contribution in [0.1, 0.15) is 47.3 Å². The number of rotatable bonds is 4. The standard InChI is InChI=1S/C17H19ClFN3O/c1-11-15(17(23)20-14-4-2-3-5-14)16(18)22(21-11)10-12-6-8-13(19)9-7-12/h6-9,14H,2-5,10H2,1H3,(H,20,23). The highest BCUT2D eigenvalue weighted by Gasteiger charge is 2.24. The van der Waals surface area contributed by atoms with E-state index in [1.807, 2.05) is 0 Å². The zero-order chi connectivity index (χ0) is 16.4. The predicted molar refractivity (Wildman–Crippen MR) is 87.2 cm³/mol. The SMILES string of the molecule is Cc1nn(Cc2ccc(F)cc2)c(Cl)c1C(=O)NC1CCCC1. The van der Waals surface area contributed by atoms with E-state index in [1.54, 1.807) is 23.7 Å². The number of amides is 1. The van der Waals surface area contributed by atoms with Gasteiger partial charge in [0.05, 0.1) is 17.8 Å². The zero-order valence-corrected chi connectivity index (χ0v) is 13.7. The number of halogens is 2. The normalized spacial score (nSPS) is 15.1. The lowest BCUT2D eigenvalue weighted by Crippen LogP contribution is -2.33. The molecule has 1 fully saturated rings. The van der Waals surface area contributed by atoms with Crippen molar-refractivity contribution < 1.29 is 9.18 Å². The molecule has 0 atom stereocenters. The van der Waals surface area contributed by atoms with Gasteiger partial charge in [-0.3, -0.25) is 4.79 Å². The van der Waals surface area contributed by atoms with Crippen LogP contribution in [0.4, 0.5) is 4.39 Å². The fraction of sp³-hybridized carbons (Fsp3) is 0.412. The van der Waals surface area contributed by atoms with E-state index >= 15 is 0 Å². The molecule has 2 aromatic rings. The van der Waals surface area contributed by atoms with Crippen LogP contribution < -0.4 is 5.32 Å². The van der Waals surface area contributed by atoms with Gasteiger partial charge in [-0.15, -0.1) is 0 Å². The molecule has 0 saturated heterocycles. The van der Waals surface area contributed by atoms with Crippen molar-refractivity contribution in [1.29, 1.82) is 0 Å². The lowest BCUT2D eigenvalue weighted by molar-refractivity contribution is 0.0937. The highest BCUT2D eigenvalue weighted by Crippen LogP contribution is 2.23. The molecule has 0 bridgehead atoms. The van der Waals surface area contributed by atoms with E-state index in [0.29, 0.717) is 23.0 Å². The number of carbonyl (C=O) groups is 1. The third kappa shape index (κ3) is 3.55. The van der Waals surface area contributed by atoms with Gasteiger partial charge in [-0.05, 0) is 37.5 Å². The Balaban J connectivity index is 1.78. The molecule has 1 aromatic carbocycles. The third-order valence-electron chi connectivity index (χ3n) is 4.23.